The summed E-state index contributed by atoms with van der Waals surface area (Å²) >= 11 is 0. The minimum absolute atomic E-state index is 0.0418. The molecule has 9 nitrogen and oxygen atoms in total. The third-order valence-electron chi connectivity index (χ3n) is 6.53. The van der Waals surface area contributed by atoms with Crippen LogP contribution in [0, 0.1) is 10.1 Å². The monoisotopic (exact) mass is 462 g/mol. The van der Waals surface area contributed by atoms with Crippen LogP contribution in [0.4, 0.5) is 5.69 Å². The predicted molar refractivity (Wildman–Crippen MR) is 120 cm³/mol. The maximum Gasteiger partial charge on any atom is 0.336 e. The zero-order valence-electron chi connectivity index (χ0n) is 18.6. The van der Waals surface area contributed by atoms with E-state index < -0.39 is 16.8 Å². The molecular weight excluding hydrogens is 440 g/mol. The summed E-state index contributed by atoms with van der Waals surface area (Å²) in [5.74, 6) is -1.27. The van der Waals surface area contributed by atoms with Gasteiger partial charge in [-0.2, -0.15) is 0 Å². The van der Waals surface area contributed by atoms with E-state index in [9.17, 15) is 19.7 Å². The molecule has 5 rings (SSSR count). The molecule has 2 aromatic carbocycles. The highest BCUT2D eigenvalue weighted by atomic mass is 16.7. The van der Waals surface area contributed by atoms with Crippen molar-refractivity contribution in [2.45, 2.75) is 31.6 Å². The van der Waals surface area contributed by atoms with Crippen molar-refractivity contribution in [1.82, 2.24) is 5.32 Å². The van der Waals surface area contributed by atoms with Gasteiger partial charge in [-0.05, 0) is 30.9 Å². The third-order valence-corrected chi connectivity index (χ3v) is 6.53. The van der Waals surface area contributed by atoms with E-state index in [4.69, 9.17) is 14.2 Å². The van der Waals surface area contributed by atoms with Crippen molar-refractivity contribution < 1.29 is 28.7 Å². The molecule has 0 unspecified atom stereocenters. The molecule has 0 aromatic heterocycles. The fourth-order valence-electron chi connectivity index (χ4n) is 5.03. The molecule has 1 aliphatic carbocycles. The molecule has 0 saturated heterocycles. The lowest BCUT2D eigenvalue weighted by Gasteiger charge is -2.36. The molecule has 0 fully saturated rings. The van der Waals surface area contributed by atoms with Gasteiger partial charge in [0, 0.05) is 29.0 Å². The summed E-state index contributed by atoms with van der Waals surface area (Å²) in [5, 5.41) is 15.3. The maximum absolute atomic E-state index is 13.6. The number of nitro groups is 1. The van der Waals surface area contributed by atoms with E-state index in [2.05, 4.69) is 5.32 Å². The first-order valence-corrected chi connectivity index (χ1v) is 10.8. The van der Waals surface area contributed by atoms with E-state index in [0.717, 1.165) is 5.56 Å². The SMILES string of the molecule is COC(=O)C1=C(C)NC2=C(C(=O)C[C@@H](c3ccccc3)C2)[C@@H]1c1cc2c(cc1[N+](=O)[O-])OCO2. The van der Waals surface area contributed by atoms with Gasteiger partial charge in [0.2, 0.25) is 6.79 Å². The van der Waals surface area contributed by atoms with E-state index in [1.54, 1.807) is 6.92 Å². The predicted octanol–water partition coefficient (Wildman–Crippen LogP) is 3.86. The number of dihydropyridines is 1. The maximum atomic E-state index is 13.6. The summed E-state index contributed by atoms with van der Waals surface area (Å²) in [4.78, 5) is 37.9. The van der Waals surface area contributed by atoms with Crippen molar-refractivity contribution in [3.05, 3.63) is 86.2 Å². The fourth-order valence-corrected chi connectivity index (χ4v) is 5.03. The number of allylic oxidation sites excluding steroid dienone is 3. The number of nitrogens with one attached hydrogen (secondary N) is 1. The van der Waals surface area contributed by atoms with E-state index in [0.29, 0.717) is 29.1 Å². The lowest BCUT2D eigenvalue weighted by atomic mass is 9.71. The van der Waals surface area contributed by atoms with E-state index in [1.807, 2.05) is 30.3 Å². The molecular formula is C25H22N2O7. The first kappa shape index (κ1) is 21.7. The van der Waals surface area contributed by atoms with Gasteiger partial charge >= 0.3 is 5.97 Å². The molecule has 2 aliphatic heterocycles. The number of Topliss-reactive ketones (excluding diaryl/α,β-unsaturated/α-hetero) is 1. The summed E-state index contributed by atoms with van der Waals surface area (Å²) in [6.07, 6.45) is 0.763. The summed E-state index contributed by atoms with van der Waals surface area (Å²) in [6, 6.07) is 12.5. The number of benzene rings is 2. The second-order valence-corrected chi connectivity index (χ2v) is 8.44. The van der Waals surface area contributed by atoms with E-state index in [-0.39, 0.29) is 47.5 Å². The first-order valence-electron chi connectivity index (χ1n) is 10.8. The van der Waals surface area contributed by atoms with Gasteiger partial charge in [-0.3, -0.25) is 14.9 Å². The minimum atomic E-state index is -0.970. The zero-order chi connectivity index (χ0) is 24.0. The number of carbonyl (C=O) groups is 2. The third kappa shape index (κ3) is 3.49. The Labute approximate surface area is 195 Å². The topological polar surface area (TPSA) is 117 Å². The number of hydrogen-bond acceptors (Lipinski definition) is 8. The Bertz CT molecular complexity index is 1280. The van der Waals surface area contributed by atoms with Crippen LogP contribution in [-0.4, -0.2) is 30.6 Å². The number of hydrogen-bond donors (Lipinski definition) is 1. The molecule has 0 bridgehead atoms. The summed E-state index contributed by atoms with van der Waals surface area (Å²) in [7, 11) is 1.24. The quantitative estimate of drug-likeness (QED) is 0.414. The minimum Gasteiger partial charge on any atom is -0.466 e. The van der Waals surface area contributed by atoms with Crippen molar-refractivity contribution in [3.63, 3.8) is 0 Å². The molecule has 34 heavy (non-hydrogen) atoms. The van der Waals surface area contributed by atoms with Crippen molar-refractivity contribution in [2.75, 3.05) is 13.9 Å². The Morgan fingerprint density at radius 1 is 1.15 bits per heavy atom. The number of methoxy groups -OCH3 is 1. The van der Waals surface area contributed by atoms with Crippen LogP contribution in [0.5, 0.6) is 11.5 Å². The highest BCUT2D eigenvalue weighted by Crippen LogP contribution is 2.50. The van der Waals surface area contributed by atoms with Gasteiger partial charge in [0.1, 0.15) is 0 Å². The smallest absolute Gasteiger partial charge is 0.336 e. The van der Waals surface area contributed by atoms with Crippen LogP contribution in [0.1, 0.15) is 42.7 Å². The van der Waals surface area contributed by atoms with Gasteiger partial charge in [-0.1, -0.05) is 30.3 Å². The van der Waals surface area contributed by atoms with Gasteiger partial charge in [-0.15, -0.1) is 0 Å². The number of esters is 1. The first-order chi connectivity index (χ1) is 16.4. The van der Waals surface area contributed by atoms with E-state index in [1.165, 1.54) is 19.2 Å². The number of rotatable bonds is 4. The Morgan fingerprint density at radius 3 is 2.53 bits per heavy atom. The molecule has 2 atom stereocenters. The number of ketones is 1. The normalized spacial score (nSPS) is 21.2. The van der Waals surface area contributed by atoms with Crippen LogP contribution in [0.3, 0.4) is 0 Å². The van der Waals surface area contributed by atoms with Crippen LogP contribution < -0.4 is 14.8 Å². The largest absolute Gasteiger partial charge is 0.466 e. The van der Waals surface area contributed by atoms with Crippen LogP contribution in [0.2, 0.25) is 0 Å². The standard InChI is InChI=1S/C25H22N2O7/c1-13-22(25(29)32-2)23(16-10-20-21(34-12-33-20)11-18(16)27(30)31)24-17(26-13)8-15(9-19(24)28)14-6-4-3-5-7-14/h3-7,10-11,15,23,26H,8-9,12H2,1-2H3/t15-,23+/m0/s1. The average Bonchev–Trinajstić information content (AvgIpc) is 3.30. The summed E-state index contributed by atoms with van der Waals surface area (Å²) in [5.41, 5.74) is 2.63. The van der Waals surface area contributed by atoms with Crippen LogP contribution in [0.15, 0.2) is 65.0 Å². The highest BCUT2D eigenvalue weighted by molar-refractivity contribution is 6.04. The molecule has 0 saturated carbocycles. The van der Waals surface area contributed by atoms with Crippen molar-refractivity contribution in [2.24, 2.45) is 0 Å². The number of nitrogens with zero attached hydrogens (tertiary/aromatic N) is 1. The van der Waals surface area contributed by atoms with Crippen LogP contribution >= 0.6 is 0 Å². The fraction of sp³-hybridized carbons (Fsp3) is 0.280. The Kier molecular flexibility index (Phi) is 5.31. The molecule has 2 heterocycles. The molecule has 1 N–H and O–H groups in total. The Balaban J connectivity index is 1.69. The van der Waals surface area contributed by atoms with Gasteiger partial charge in [0.25, 0.3) is 5.69 Å². The van der Waals surface area contributed by atoms with E-state index >= 15 is 0 Å². The Hall–Kier alpha value is -4.14. The van der Waals surface area contributed by atoms with Crippen molar-refractivity contribution in [3.8, 4) is 11.5 Å². The van der Waals surface area contributed by atoms with Crippen LogP contribution in [0.25, 0.3) is 0 Å². The van der Waals surface area contributed by atoms with Crippen molar-refractivity contribution >= 4 is 17.4 Å². The van der Waals surface area contributed by atoms with Gasteiger partial charge in [-0.25, -0.2) is 4.79 Å². The lowest BCUT2D eigenvalue weighted by Crippen LogP contribution is -2.36. The molecule has 0 radical (unpaired) electrons. The second-order valence-electron chi connectivity index (χ2n) is 8.44. The van der Waals surface area contributed by atoms with Crippen LogP contribution in [-0.2, 0) is 14.3 Å². The number of fused-ring (bicyclic) bond motifs is 1. The Morgan fingerprint density at radius 2 is 1.85 bits per heavy atom. The summed E-state index contributed by atoms with van der Waals surface area (Å²) < 4.78 is 15.8. The second kappa shape index (κ2) is 8.33. The summed E-state index contributed by atoms with van der Waals surface area (Å²) in [6.45, 7) is 1.64. The number of ether oxygens (including phenoxy) is 3. The number of nitro benzene ring substituents is 1. The molecule has 2 aromatic rings. The van der Waals surface area contributed by atoms with Gasteiger partial charge in [0.15, 0.2) is 17.3 Å². The average molecular weight is 462 g/mol. The molecule has 0 spiro atoms. The van der Waals surface area contributed by atoms with Gasteiger partial charge in [0.05, 0.1) is 29.6 Å². The van der Waals surface area contributed by atoms with Crippen molar-refractivity contribution in [1.29, 1.82) is 0 Å². The zero-order valence-corrected chi connectivity index (χ0v) is 18.6. The molecule has 3 aliphatic rings. The lowest BCUT2D eigenvalue weighted by molar-refractivity contribution is -0.385. The number of carbonyl (C=O) groups excluding carboxylic acids is 2. The van der Waals surface area contributed by atoms with Gasteiger partial charge < -0.3 is 19.5 Å². The molecule has 9 heteroatoms. The molecule has 174 valence electrons. The molecule has 0 amide bonds. The highest BCUT2D eigenvalue weighted by Gasteiger charge is 2.44.